The van der Waals surface area contributed by atoms with E-state index in [1.807, 2.05) is 42.1 Å². The first-order valence-electron chi connectivity index (χ1n) is 10.3. The van der Waals surface area contributed by atoms with Crippen LogP contribution in [0, 0.1) is 5.41 Å². The van der Waals surface area contributed by atoms with Gasteiger partial charge in [-0.25, -0.2) is 9.97 Å². The van der Waals surface area contributed by atoms with E-state index in [0.29, 0.717) is 12.5 Å². The highest BCUT2D eigenvalue weighted by Gasteiger charge is 2.54. The first-order chi connectivity index (χ1) is 13.5. The number of hydrogen-bond acceptors (Lipinski definition) is 5. The topological polar surface area (TPSA) is 67.2 Å². The van der Waals surface area contributed by atoms with E-state index in [1.54, 1.807) is 6.20 Å². The van der Waals surface area contributed by atoms with Gasteiger partial charge in [0, 0.05) is 51.2 Å². The molecule has 1 atom stereocenters. The Kier molecular flexibility index (Phi) is 3.96. The summed E-state index contributed by atoms with van der Waals surface area (Å²) in [5, 5.41) is 4.32. The van der Waals surface area contributed by atoms with Crippen molar-refractivity contribution >= 4 is 11.9 Å². The minimum atomic E-state index is -0.244. The van der Waals surface area contributed by atoms with Gasteiger partial charge in [0.25, 0.3) is 0 Å². The van der Waals surface area contributed by atoms with Crippen LogP contribution in [0.2, 0.25) is 0 Å². The number of rotatable bonds is 4. The largest absolute Gasteiger partial charge is 0.347 e. The minimum absolute atomic E-state index is 0.00127. The number of aryl methyl sites for hydroxylation is 1. The number of likely N-dealkylation sites (tertiary alicyclic amines) is 1. The monoisotopic (exact) mass is 380 g/mol. The molecule has 1 saturated heterocycles. The third-order valence-electron chi connectivity index (χ3n) is 6.82. The van der Waals surface area contributed by atoms with Crippen LogP contribution in [0.1, 0.15) is 43.4 Å². The van der Waals surface area contributed by atoms with E-state index in [9.17, 15) is 4.79 Å². The van der Waals surface area contributed by atoms with Crippen LogP contribution < -0.4 is 4.90 Å². The zero-order chi connectivity index (χ0) is 19.4. The van der Waals surface area contributed by atoms with Crippen molar-refractivity contribution < 1.29 is 4.79 Å². The first-order valence-corrected chi connectivity index (χ1v) is 10.3. The van der Waals surface area contributed by atoms with Gasteiger partial charge in [-0.3, -0.25) is 9.48 Å². The Bertz CT molecular complexity index is 884. The van der Waals surface area contributed by atoms with Crippen molar-refractivity contribution in [3.8, 4) is 0 Å². The molecule has 0 aromatic carbocycles. The van der Waals surface area contributed by atoms with Crippen LogP contribution in [0.5, 0.6) is 0 Å². The van der Waals surface area contributed by atoms with Crippen molar-refractivity contribution in [1.29, 1.82) is 0 Å². The maximum atomic E-state index is 13.5. The summed E-state index contributed by atoms with van der Waals surface area (Å²) in [6, 6.07) is 1.92. The highest BCUT2D eigenvalue weighted by Crippen LogP contribution is 2.51. The van der Waals surface area contributed by atoms with Gasteiger partial charge in [-0.1, -0.05) is 0 Å². The quantitative estimate of drug-likeness (QED) is 0.812. The Morgan fingerprint density at radius 1 is 1.25 bits per heavy atom. The summed E-state index contributed by atoms with van der Waals surface area (Å²) in [6.45, 7) is 2.36. The Hall–Kier alpha value is -2.44. The zero-order valence-electron chi connectivity index (χ0n) is 16.8. The number of aromatic nitrogens is 4. The summed E-state index contributed by atoms with van der Waals surface area (Å²) in [5.74, 6) is 1.08. The Morgan fingerprint density at radius 2 is 2.11 bits per heavy atom. The van der Waals surface area contributed by atoms with Crippen molar-refractivity contribution in [2.75, 3.05) is 32.1 Å². The highest BCUT2D eigenvalue weighted by molar-refractivity contribution is 5.85. The molecular formula is C21H28N6O. The van der Waals surface area contributed by atoms with E-state index < -0.39 is 0 Å². The normalized spacial score (nSPS) is 25.0. The van der Waals surface area contributed by atoms with Gasteiger partial charge in [-0.05, 0) is 50.2 Å². The van der Waals surface area contributed by atoms with Gasteiger partial charge in [-0.15, -0.1) is 0 Å². The van der Waals surface area contributed by atoms with Crippen LogP contribution in [-0.2, 0) is 23.2 Å². The molecule has 1 saturated carbocycles. The second-order valence-electron chi connectivity index (χ2n) is 9.03. The van der Waals surface area contributed by atoms with Gasteiger partial charge in [0.1, 0.15) is 0 Å². The molecule has 1 aliphatic heterocycles. The minimum Gasteiger partial charge on any atom is -0.347 e. The first kappa shape index (κ1) is 17.6. The molecule has 148 valence electrons. The SMILES string of the molecule is CN(C)c1ncc2c(n1)C1(CCCN(C(=O)C3(Cn4cccn4)CC3)C1)CC2. The predicted octanol–water partition coefficient (Wildman–Crippen LogP) is 2.03. The molecule has 7 heteroatoms. The van der Waals surface area contributed by atoms with Crippen LogP contribution in [0.3, 0.4) is 0 Å². The lowest BCUT2D eigenvalue weighted by molar-refractivity contribution is -0.140. The molecule has 7 nitrogen and oxygen atoms in total. The van der Waals surface area contributed by atoms with E-state index in [1.165, 1.54) is 11.3 Å². The third kappa shape index (κ3) is 2.79. The smallest absolute Gasteiger partial charge is 0.230 e. The van der Waals surface area contributed by atoms with Crippen LogP contribution >= 0.6 is 0 Å². The molecule has 28 heavy (non-hydrogen) atoms. The number of fused-ring (bicyclic) bond motifs is 2. The lowest BCUT2D eigenvalue weighted by atomic mass is 9.77. The second kappa shape index (κ2) is 6.29. The maximum absolute atomic E-state index is 13.5. The fraction of sp³-hybridized carbons (Fsp3) is 0.619. The van der Waals surface area contributed by atoms with Gasteiger partial charge in [0.2, 0.25) is 11.9 Å². The van der Waals surface area contributed by atoms with E-state index in [2.05, 4.69) is 15.0 Å². The number of piperidine rings is 1. The number of anilines is 1. The lowest BCUT2D eigenvalue weighted by Gasteiger charge is -2.42. The van der Waals surface area contributed by atoms with Crippen LogP contribution in [0.4, 0.5) is 5.95 Å². The summed E-state index contributed by atoms with van der Waals surface area (Å²) in [7, 11) is 3.96. The standard InChI is InChI=1S/C21H28N6O/c1-25(2)19-22-13-16-5-7-20(17(16)24-19)6-3-11-26(14-20)18(28)21(8-9-21)15-27-12-4-10-23-27/h4,10,12-13H,3,5-9,11,14-15H2,1-2H3. The van der Waals surface area contributed by atoms with E-state index in [0.717, 1.165) is 57.6 Å². The summed E-state index contributed by atoms with van der Waals surface area (Å²) in [5.41, 5.74) is 2.20. The Labute approximate surface area is 165 Å². The molecule has 1 unspecified atom stereocenters. The average Bonchev–Trinajstić information content (AvgIpc) is 3.15. The van der Waals surface area contributed by atoms with Crippen LogP contribution in [0.15, 0.2) is 24.7 Å². The number of carbonyl (C=O) groups excluding carboxylic acids is 1. The molecule has 2 aromatic rings. The van der Waals surface area contributed by atoms with E-state index in [-0.39, 0.29) is 10.8 Å². The van der Waals surface area contributed by atoms with Gasteiger partial charge in [-0.2, -0.15) is 5.10 Å². The maximum Gasteiger partial charge on any atom is 0.230 e. The molecular weight excluding hydrogens is 352 g/mol. The molecule has 2 aromatic heterocycles. The zero-order valence-corrected chi connectivity index (χ0v) is 16.8. The Balaban J connectivity index is 1.39. The van der Waals surface area contributed by atoms with Crippen LogP contribution in [0.25, 0.3) is 0 Å². The van der Waals surface area contributed by atoms with Crippen molar-refractivity contribution in [3.63, 3.8) is 0 Å². The molecule has 0 N–H and O–H groups in total. The predicted molar refractivity (Wildman–Crippen MR) is 106 cm³/mol. The molecule has 5 rings (SSSR count). The number of amides is 1. The molecule has 1 amide bonds. The number of hydrogen-bond donors (Lipinski definition) is 0. The molecule has 0 bridgehead atoms. The summed E-state index contributed by atoms with van der Waals surface area (Å²) >= 11 is 0. The second-order valence-corrected chi connectivity index (χ2v) is 9.03. The molecule has 0 radical (unpaired) electrons. The Morgan fingerprint density at radius 3 is 2.82 bits per heavy atom. The van der Waals surface area contributed by atoms with Gasteiger partial charge >= 0.3 is 0 Å². The molecule has 3 aliphatic rings. The van der Waals surface area contributed by atoms with Crippen LogP contribution in [-0.4, -0.2) is 57.7 Å². The lowest BCUT2D eigenvalue weighted by Crippen LogP contribution is -2.50. The molecule has 1 spiro atoms. The van der Waals surface area contributed by atoms with Gasteiger partial charge in [0.05, 0.1) is 17.7 Å². The van der Waals surface area contributed by atoms with Crippen molar-refractivity contribution in [2.45, 2.75) is 50.5 Å². The van der Waals surface area contributed by atoms with Gasteiger partial charge in [0.15, 0.2) is 0 Å². The highest BCUT2D eigenvalue weighted by atomic mass is 16.2. The third-order valence-corrected chi connectivity index (χ3v) is 6.82. The fourth-order valence-electron chi connectivity index (χ4n) is 5.08. The molecule has 2 aliphatic carbocycles. The number of carbonyl (C=O) groups is 1. The number of nitrogens with zero attached hydrogens (tertiary/aromatic N) is 6. The summed E-state index contributed by atoms with van der Waals surface area (Å²) in [6.07, 6.45) is 11.9. The van der Waals surface area contributed by atoms with Crippen molar-refractivity contribution in [1.82, 2.24) is 24.6 Å². The van der Waals surface area contributed by atoms with E-state index >= 15 is 0 Å². The van der Waals surface area contributed by atoms with E-state index in [4.69, 9.17) is 4.98 Å². The van der Waals surface area contributed by atoms with Crippen molar-refractivity contribution in [3.05, 3.63) is 35.9 Å². The van der Waals surface area contributed by atoms with Gasteiger partial charge < -0.3 is 9.80 Å². The summed E-state index contributed by atoms with van der Waals surface area (Å²) in [4.78, 5) is 27.0. The fourth-order valence-corrected chi connectivity index (χ4v) is 5.08. The molecule has 3 heterocycles. The average molecular weight is 380 g/mol. The summed E-state index contributed by atoms with van der Waals surface area (Å²) < 4.78 is 1.91. The van der Waals surface area contributed by atoms with Crippen molar-refractivity contribution in [2.24, 2.45) is 5.41 Å². The molecule has 2 fully saturated rings.